The van der Waals surface area contributed by atoms with Gasteiger partial charge < -0.3 is 10.2 Å². The lowest BCUT2D eigenvalue weighted by Gasteiger charge is -2.34. The maximum atomic E-state index is 12.9. The number of halogens is 1. The molecule has 2 aromatic carbocycles. The molecule has 0 unspecified atom stereocenters. The summed E-state index contributed by atoms with van der Waals surface area (Å²) in [6.45, 7) is 2.03. The normalized spacial score (nSPS) is 14.5. The summed E-state index contributed by atoms with van der Waals surface area (Å²) in [5, 5.41) is 13.6. The van der Waals surface area contributed by atoms with E-state index in [0.29, 0.717) is 31.9 Å². The highest BCUT2D eigenvalue weighted by molar-refractivity contribution is 5.95. The van der Waals surface area contributed by atoms with Gasteiger partial charge in [0.05, 0.1) is 11.5 Å². The number of rotatable bonds is 5. The molecule has 8 nitrogen and oxygen atoms in total. The van der Waals surface area contributed by atoms with Crippen LogP contribution in [0.1, 0.15) is 10.4 Å². The number of amides is 2. The first kappa shape index (κ1) is 19.4. The van der Waals surface area contributed by atoms with Crippen molar-refractivity contribution in [1.29, 1.82) is 0 Å². The highest BCUT2D eigenvalue weighted by atomic mass is 19.1. The molecule has 0 spiro atoms. The first-order valence-corrected chi connectivity index (χ1v) is 8.74. The molecule has 3 rings (SSSR count). The van der Waals surface area contributed by atoms with E-state index in [2.05, 4.69) is 5.32 Å². The van der Waals surface area contributed by atoms with Gasteiger partial charge in [-0.25, -0.2) is 4.39 Å². The molecule has 0 aliphatic carbocycles. The maximum absolute atomic E-state index is 12.9. The van der Waals surface area contributed by atoms with Gasteiger partial charge in [0.25, 0.3) is 11.6 Å². The van der Waals surface area contributed by atoms with E-state index < -0.39 is 4.92 Å². The molecule has 1 aliphatic heterocycles. The van der Waals surface area contributed by atoms with Gasteiger partial charge in [-0.05, 0) is 30.3 Å². The van der Waals surface area contributed by atoms with Crippen molar-refractivity contribution in [2.24, 2.45) is 0 Å². The minimum Gasteiger partial charge on any atom is -0.336 e. The SMILES string of the molecule is O=C(CN1CCN(C(=O)c2cccc([N+](=O)[O-])c2)CC1)Nc1ccc(F)cc1. The van der Waals surface area contributed by atoms with Gasteiger partial charge in [-0.1, -0.05) is 6.07 Å². The number of hydrogen-bond donors (Lipinski definition) is 1. The van der Waals surface area contributed by atoms with Crippen LogP contribution in [0.4, 0.5) is 15.8 Å². The molecule has 0 saturated carbocycles. The van der Waals surface area contributed by atoms with E-state index in [-0.39, 0.29) is 35.4 Å². The standard InChI is InChI=1S/C19H19FN4O4/c20-15-4-6-16(7-5-15)21-18(25)13-22-8-10-23(11-9-22)19(26)14-2-1-3-17(12-14)24(27)28/h1-7,12H,8-11,13H2,(H,21,25). The number of piperazine rings is 1. The summed E-state index contributed by atoms with van der Waals surface area (Å²) >= 11 is 0. The molecule has 0 aromatic heterocycles. The van der Waals surface area contributed by atoms with E-state index in [4.69, 9.17) is 0 Å². The highest BCUT2D eigenvalue weighted by Crippen LogP contribution is 2.16. The Morgan fingerprint density at radius 3 is 2.39 bits per heavy atom. The van der Waals surface area contributed by atoms with Gasteiger partial charge in [0.15, 0.2) is 0 Å². The fraction of sp³-hybridized carbons (Fsp3) is 0.263. The average molecular weight is 386 g/mol. The van der Waals surface area contributed by atoms with Gasteiger partial charge in [0.1, 0.15) is 5.82 Å². The van der Waals surface area contributed by atoms with Crippen LogP contribution >= 0.6 is 0 Å². The lowest BCUT2D eigenvalue weighted by Crippen LogP contribution is -2.50. The number of nitrogens with zero attached hydrogens (tertiary/aromatic N) is 3. The van der Waals surface area contributed by atoms with Gasteiger partial charge in [0, 0.05) is 49.6 Å². The Morgan fingerprint density at radius 2 is 1.75 bits per heavy atom. The zero-order valence-electron chi connectivity index (χ0n) is 15.0. The third kappa shape index (κ3) is 4.89. The summed E-state index contributed by atoms with van der Waals surface area (Å²) in [6.07, 6.45) is 0. The lowest BCUT2D eigenvalue weighted by atomic mass is 10.1. The van der Waals surface area contributed by atoms with E-state index in [0.717, 1.165) is 0 Å². The van der Waals surface area contributed by atoms with Gasteiger partial charge in [-0.3, -0.25) is 24.6 Å². The van der Waals surface area contributed by atoms with Crippen LogP contribution in [0.2, 0.25) is 0 Å². The number of nitro benzene ring substituents is 1. The molecule has 1 aliphatic rings. The quantitative estimate of drug-likeness (QED) is 0.627. The van der Waals surface area contributed by atoms with Crippen molar-refractivity contribution in [2.75, 3.05) is 38.0 Å². The third-order valence-corrected chi connectivity index (χ3v) is 4.46. The second-order valence-electron chi connectivity index (χ2n) is 6.43. The topological polar surface area (TPSA) is 95.8 Å². The van der Waals surface area contributed by atoms with Crippen molar-refractivity contribution in [3.8, 4) is 0 Å². The highest BCUT2D eigenvalue weighted by Gasteiger charge is 2.24. The van der Waals surface area contributed by atoms with Crippen LogP contribution < -0.4 is 5.32 Å². The minimum atomic E-state index is -0.533. The number of non-ortho nitro benzene ring substituents is 1. The summed E-state index contributed by atoms with van der Waals surface area (Å²) in [5.41, 5.74) is 0.671. The fourth-order valence-electron chi connectivity index (χ4n) is 2.98. The van der Waals surface area contributed by atoms with Crippen molar-refractivity contribution in [2.45, 2.75) is 0 Å². The Balaban J connectivity index is 1.50. The number of carbonyl (C=O) groups excluding carboxylic acids is 2. The van der Waals surface area contributed by atoms with Crippen LogP contribution in [-0.4, -0.2) is 59.3 Å². The molecule has 1 heterocycles. The molecule has 0 bridgehead atoms. The minimum absolute atomic E-state index is 0.123. The largest absolute Gasteiger partial charge is 0.336 e. The Labute approximate surface area is 160 Å². The molecule has 0 radical (unpaired) electrons. The molecule has 2 amide bonds. The van der Waals surface area contributed by atoms with E-state index >= 15 is 0 Å². The van der Waals surface area contributed by atoms with Crippen molar-refractivity contribution in [1.82, 2.24) is 9.80 Å². The Kier molecular flexibility index (Phi) is 5.95. The zero-order chi connectivity index (χ0) is 20.1. The zero-order valence-corrected chi connectivity index (χ0v) is 15.0. The molecule has 1 N–H and O–H groups in total. The molecule has 1 saturated heterocycles. The average Bonchev–Trinajstić information content (AvgIpc) is 2.70. The van der Waals surface area contributed by atoms with Crippen LogP contribution in [0.25, 0.3) is 0 Å². The van der Waals surface area contributed by atoms with E-state index in [1.165, 1.54) is 42.5 Å². The van der Waals surface area contributed by atoms with Gasteiger partial charge in [0.2, 0.25) is 5.91 Å². The van der Waals surface area contributed by atoms with Gasteiger partial charge in [-0.2, -0.15) is 0 Å². The van der Waals surface area contributed by atoms with Crippen LogP contribution in [0.15, 0.2) is 48.5 Å². The van der Waals surface area contributed by atoms with Crippen LogP contribution in [0.5, 0.6) is 0 Å². The molecule has 0 atom stereocenters. The number of nitro groups is 1. The van der Waals surface area contributed by atoms with E-state index in [1.807, 2.05) is 4.90 Å². The van der Waals surface area contributed by atoms with Gasteiger partial charge >= 0.3 is 0 Å². The van der Waals surface area contributed by atoms with Crippen LogP contribution in [0, 0.1) is 15.9 Å². The molecule has 28 heavy (non-hydrogen) atoms. The fourth-order valence-corrected chi connectivity index (χ4v) is 2.98. The van der Waals surface area contributed by atoms with Crippen molar-refractivity contribution >= 4 is 23.2 Å². The van der Waals surface area contributed by atoms with E-state index in [1.54, 1.807) is 11.0 Å². The molecule has 146 valence electrons. The molecule has 2 aromatic rings. The van der Waals surface area contributed by atoms with Crippen molar-refractivity contribution in [3.63, 3.8) is 0 Å². The Morgan fingerprint density at radius 1 is 1.07 bits per heavy atom. The molecular formula is C19H19FN4O4. The second-order valence-corrected chi connectivity index (χ2v) is 6.43. The first-order chi connectivity index (χ1) is 13.4. The first-order valence-electron chi connectivity index (χ1n) is 8.74. The molecular weight excluding hydrogens is 367 g/mol. The number of nitrogens with one attached hydrogen (secondary N) is 1. The van der Waals surface area contributed by atoms with E-state index in [9.17, 15) is 24.1 Å². The third-order valence-electron chi connectivity index (χ3n) is 4.46. The monoisotopic (exact) mass is 386 g/mol. The summed E-state index contributed by atoms with van der Waals surface area (Å²) in [6, 6.07) is 11.2. The number of anilines is 1. The second kappa shape index (κ2) is 8.57. The molecule has 1 fully saturated rings. The predicted molar refractivity (Wildman–Crippen MR) is 100 cm³/mol. The Bertz CT molecular complexity index is 880. The van der Waals surface area contributed by atoms with Crippen molar-refractivity contribution in [3.05, 3.63) is 70.0 Å². The Hall–Kier alpha value is -3.33. The lowest BCUT2D eigenvalue weighted by molar-refractivity contribution is -0.384. The summed E-state index contributed by atoms with van der Waals surface area (Å²) in [7, 11) is 0. The summed E-state index contributed by atoms with van der Waals surface area (Å²) in [4.78, 5) is 38.5. The summed E-state index contributed by atoms with van der Waals surface area (Å²) < 4.78 is 12.9. The summed E-state index contributed by atoms with van der Waals surface area (Å²) in [5.74, 6) is -0.855. The number of benzene rings is 2. The van der Waals surface area contributed by atoms with Crippen LogP contribution in [0.3, 0.4) is 0 Å². The van der Waals surface area contributed by atoms with Crippen LogP contribution in [-0.2, 0) is 4.79 Å². The molecule has 9 heteroatoms. The number of hydrogen-bond acceptors (Lipinski definition) is 5. The van der Waals surface area contributed by atoms with Crippen molar-refractivity contribution < 1.29 is 18.9 Å². The number of carbonyl (C=O) groups is 2. The smallest absolute Gasteiger partial charge is 0.270 e. The predicted octanol–water partition coefficient (Wildman–Crippen LogP) is 2.13. The maximum Gasteiger partial charge on any atom is 0.270 e. The van der Waals surface area contributed by atoms with Gasteiger partial charge in [-0.15, -0.1) is 0 Å².